The Morgan fingerprint density at radius 2 is 1.90 bits per heavy atom. The average molecular weight is 288 g/mol. The molecule has 0 spiro atoms. The zero-order chi connectivity index (χ0) is 13.9. The summed E-state index contributed by atoms with van der Waals surface area (Å²) in [6, 6.07) is 15.5. The Kier molecular flexibility index (Phi) is 3.61. The minimum Gasteiger partial charge on any atom is -0.445 e. The summed E-state index contributed by atoms with van der Waals surface area (Å²) in [5, 5.41) is 0.678. The van der Waals surface area contributed by atoms with Crippen molar-refractivity contribution in [3.05, 3.63) is 70.2 Å². The molecule has 0 fully saturated rings. The van der Waals surface area contributed by atoms with Crippen LogP contribution < -0.4 is 0 Å². The third-order valence-corrected chi connectivity index (χ3v) is 3.59. The van der Waals surface area contributed by atoms with E-state index in [1.54, 1.807) is 4.90 Å². The highest BCUT2D eigenvalue weighted by Crippen LogP contribution is 2.23. The highest BCUT2D eigenvalue weighted by molar-refractivity contribution is 6.30. The fourth-order valence-electron chi connectivity index (χ4n) is 2.31. The van der Waals surface area contributed by atoms with Crippen LogP contribution in [0.15, 0.2) is 48.5 Å². The smallest absolute Gasteiger partial charge is 0.410 e. The van der Waals surface area contributed by atoms with Crippen LogP contribution in [-0.2, 0) is 24.4 Å². The van der Waals surface area contributed by atoms with Crippen molar-refractivity contribution >= 4 is 17.7 Å². The van der Waals surface area contributed by atoms with Gasteiger partial charge in [0, 0.05) is 18.1 Å². The molecular formula is C16H14ClNO2. The van der Waals surface area contributed by atoms with Gasteiger partial charge in [-0.25, -0.2) is 4.79 Å². The molecule has 0 aliphatic carbocycles. The second-order valence-corrected chi connectivity index (χ2v) is 5.25. The summed E-state index contributed by atoms with van der Waals surface area (Å²) in [6.07, 6.45) is -0.291. The number of halogens is 1. The number of carbonyl (C=O) groups is 1. The number of ether oxygens (including phenoxy) is 1. The van der Waals surface area contributed by atoms with E-state index in [-0.39, 0.29) is 6.09 Å². The van der Waals surface area contributed by atoms with E-state index in [2.05, 4.69) is 0 Å². The first kappa shape index (κ1) is 13.0. The largest absolute Gasteiger partial charge is 0.445 e. The van der Waals surface area contributed by atoms with Gasteiger partial charge < -0.3 is 4.74 Å². The van der Waals surface area contributed by atoms with E-state index >= 15 is 0 Å². The molecule has 102 valence electrons. The Morgan fingerprint density at radius 3 is 2.70 bits per heavy atom. The molecule has 0 saturated carbocycles. The van der Waals surface area contributed by atoms with Crippen LogP contribution in [0.1, 0.15) is 16.7 Å². The van der Waals surface area contributed by atoms with E-state index in [1.807, 2.05) is 48.5 Å². The van der Waals surface area contributed by atoms with Gasteiger partial charge in [-0.1, -0.05) is 48.0 Å². The molecule has 3 rings (SSSR count). The van der Waals surface area contributed by atoms with Crippen LogP contribution in [0.2, 0.25) is 5.02 Å². The van der Waals surface area contributed by atoms with Gasteiger partial charge in [-0.3, -0.25) is 4.90 Å². The minimum atomic E-state index is -0.291. The van der Waals surface area contributed by atoms with E-state index in [0.29, 0.717) is 24.7 Å². The second kappa shape index (κ2) is 5.55. The molecular weight excluding hydrogens is 274 g/mol. The Morgan fingerprint density at radius 1 is 1.10 bits per heavy atom. The highest BCUT2D eigenvalue weighted by Gasteiger charge is 2.22. The van der Waals surface area contributed by atoms with Crippen molar-refractivity contribution in [2.24, 2.45) is 0 Å². The van der Waals surface area contributed by atoms with Crippen LogP contribution in [0, 0.1) is 0 Å². The SMILES string of the molecule is O=C1OCc2ccc(Cl)cc2CN1Cc1ccccc1. The lowest BCUT2D eigenvalue weighted by Crippen LogP contribution is -2.28. The van der Waals surface area contributed by atoms with E-state index in [4.69, 9.17) is 16.3 Å². The topological polar surface area (TPSA) is 29.5 Å². The number of hydrogen-bond acceptors (Lipinski definition) is 2. The molecule has 0 unspecified atom stereocenters. The average Bonchev–Trinajstić information content (AvgIpc) is 2.60. The van der Waals surface area contributed by atoms with E-state index < -0.39 is 0 Å². The normalized spacial score (nSPS) is 14.4. The van der Waals surface area contributed by atoms with Crippen LogP contribution in [0.4, 0.5) is 4.79 Å². The Labute approximate surface area is 122 Å². The van der Waals surface area contributed by atoms with Crippen molar-refractivity contribution in [3.63, 3.8) is 0 Å². The van der Waals surface area contributed by atoms with E-state index in [1.165, 1.54) is 0 Å². The van der Waals surface area contributed by atoms with E-state index in [0.717, 1.165) is 16.7 Å². The van der Waals surface area contributed by atoms with Crippen molar-refractivity contribution in [2.75, 3.05) is 0 Å². The fraction of sp³-hybridized carbons (Fsp3) is 0.188. The maximum atomic E-state index is 12.0. The highest BCUT2D eigenvalue weighted by atomic mass is 35.5. The van der Waals surface area contributed by atoms with Crippen LogP contribution in [0.5, 0.6) is 0 Å². The standard InChI is InChI=1S/C16H14ClNO2/c17-15-7-6-13-11-20-16(19)18(10-14(13)8-15)9-12-4-2-1-3-5-12/h1-8H,9-11H2. The summed E-state index contributed by atoms with van der Waals surface area (Å²) in [4.78, 5) is 13.7. The summed E-state index contributed by atoms with van der Waals surface area (Å²) in [5.74, 6) is 0. The summed E-state index contributed by atoms with van der Waals surface area (Å²) in [7, 11) is 0. The van der Waals surface area contributed by atoms with Crippen LogP contribution in [0.25, 0.3) is 0 Å². The third-order valence-electron chi connectivity index (χ3n) is 3.36. The molecule has 0 N–H and O–H groups in total. The summed E-state index contributed by atoms with van der Waals surface area (Å²) in [6.45, 7) is 1.35. The molecule has 0 bridgehead atoms. The monoisotopic (exact) mass is 287 g/mol. The zero-order valence-electron chi connectivity index (χ0n) is 10.9. The van der Waals surface area contributed by atoms with Crippen molar-refractivity contribution in [1.82, 2.24) is 4.90 Å². The minimum absolute atomic E-state index is 0.291. The number of benzene rings is 2. The molecule has 3 nitrogen and oxygen atoms in total. The molecule has 0 saturated heterocycles. The molecule has 0 aromatic heterocycles. The van der Waals surface area contributed by atoms with Gasteiger partial charge in [-0.2, -0.15) is 0 Å². The molecule has 20 heavy (non-hydrogen) atoms. The van der Waals surface area contributed by atoms with Gasteiger partial charge in [-0.05, 0) is 28.8 Å². The molecule has 1 heterocycles. The number of fused-ring (bicyclic) bond motifs is 1. The van der Waals surface area contributed by atoms with Gasteiger partial charge in [0.1, 0.15) is 6.61 Å². The van der Waals surface area contributed by atoms with Crippen LogP contribution >= 0.6 is 11.6 Å². The molecule has 1 aliphatic heterocycles. The molecule has 0 radical (unpaired) electrons. The molecule has 4 heteroatoms. The number of hydrogen-bond donors (Lipinski definition) is 0. The van der Waals surface area contributed by atoms with E-state index in [9.17, 15) is 4.79 Å². The van der Waals surface area contributed by atoms with Gasteiger partial charge in [0.25, 0.3) is 0 Å². The molecule has 1 aliphatic rings. The van der Waals surface area contributed by atoms with Gasteiger partial charge in [0.05, 0.1) is 0 Å². The first-order chi connectivity index (χ1) is 9.72. The number of carbonyl (C=O) groups excluding carboxylic acids is 1. The summed E-state index contributed by atoms with van der Waals surface area (Å²) in [5.41, 5.74) is 3.13. The molecule has 0 atom stereocenters. The molecule has 2 aromatic rings. The summed E-state index contributed by atoms with van der Waals surface area (Å²) >= 11 is 6.03. The predicted molar refractivity (Wildman–Crippen MR) is 77.3 cm³/mol. The third kappa shape index (κ3) is 2.78. The predicted octanol–water partition coefficient (Wildman–Crippen LogP) is 3.99. The van der Waals surface area contributed by atoms with Gasteiger partial charge in [0.2, 0.25) is 0 Å². The first-order valence-corrected chi connectivity index (χ1v) is 6.83. The van der Waals surface area contributed by atoms with Crippen molar-refractivity contribution < 1.29 is 9.53 Å². The Balaban J connectivity index is 1.86. The van der Waals surface area contributed by atoms with Crippen LogP contribution in [0.3, 0.4) is 0 Å². The molecule has 1 amide bonds. The van der Waals surface area contributed by atoms with Crippen molar-refractivity contribution in [3.8, 4) is 0 Å². The Hall–Kier alpha value is -2.00. The Bertz CT molecular complexity index is 628. The molecule has 2 aromatic carbocycles. The number of nitrogens with zero attached hydrogens (tertiary/aromatic N) is 1. The second-order valence-electron chi connectivity index (χ2n) is 4.81. The van der Waals surface area contributed by atoms with Crippen molar-refractivity contribution in [2.45, 2.75) is 19.7 Å². The number of cyclic esters (lactones) is 1. The van der Waals surface area contributed by atoms with Crippen molar-refractivity contribution in [1.29, 1.82) is 0 Å². The number of amides is 1. The van der Waals surface area contributed by atoms with Gasteiger partial charge in [-0.15, -0.1) is 0 Å². The lowest BCUT2D eigenvalue weighted by Gasteiger charge is -2.19. The maximum Gasteiger partial charge on any atom is 0.410 e. The quantitative estimate of drug-likeness (QED) is 0.836. The fourth-order valence-corrected chi connectivity index (χ4v) is 2.50. The number of rotatable bonds is 2. The lowest BCUT2D eigenvalue weighted by molar-refractivity contribution is 0.0980. The lowest BCUT2D eigenvalue weighted by atomic mass is 10.1. The first-order valence-electron chi connectivity index (χ1n) is 6.45. The van der Waals surface area contributed by atoms with Crippen LogP contribution in [-0.4, -0.2) is 11.0 Å². The maximum absolute atomic E-state index is 12.0. The van der Waals surface area contributed by atoms with Gasteiger partial charge >= 0.3 is 6.09 Å². The summed E-state index contributed by atoms with van der Waals surface area (Å²) < 4.78 is 5.30. The van der Waals surface area contributed by atoms with Gasteiger partial charge in [0.15, 0.2) is 0 Å². The zero-order valence-corrected chi connectivity index (χ0v) is 11.6.